The summed E-state index contributed by atoms with van der Waals surface area (Å²) in [6.07, 6.45) is 1.71. The molecule has 0 aliphatic carbocycles. The highest BCUT2D eigenvalue weighted by Crippen LogP contribution is 2.41. The van der Waals surface area contributed by atoms with Crippen molar-refractivity contribution in [2.24, 2.45) is 0 Å². The SMILES string of the molecule is CC(C)n1cnnc1-c1cccc(Nc2cccc3c2C(=O)N(C)C3(C)C)n1. The van der Waals surface area contributed by atoms with Crippen LogP contribution < -0.4 is 5.32 Å². The van der Waals surface area contributed by atoms with Gasteiger partial charge >= 0.3 is 0 Å². The van der Waals surface area contributed by atoms with Gasteiger partial charge in [-0.05, 0) is 51.5 Å². The highest BCUT2D eigenvalue weighted by atomic mass is 16.2. The first-order valence-electron chi connectivity index (χ1n) is 9.36. The Morgan fingerprint density at radius 2 is 1.86 bits per heavy atom. The number of rotatable bonds is 4. The standard InChI is InChI=1S/C21H24N6O/c1-13(2)27-12-22-25-19(27)16-10-7-11-17(24-16)23-15-9-6-8-14-18(15)20(28)26(5)21(14,3)4/h6-13H,1-5H3,(H,23,24). The van der Waals surface area contributed by atoms with Gasteiger partial charge in [0.05, 0.1) is 16.8 Å². The molecule has 1 aromatic carbocycles. The summed E-state index contributed by atoms with van der Waals surface area (Å²) in [5.74, 6) is 1.39. The average Bonchev–Trinajstić information content (AvgIpc) is 3.22. The van der Waals surface area contributed by atoms with Crippen LogP contribution in [0, 0.1) is 0 Å². The summed E-state index contributed by atoms with van der Waals surface area (Å²) in [6, 6.07) is 11.8. The molecule has 0 saturated heterocycles. The van der Waals surface area contributed by atoms with Crippen LogP contribution in [-0.2, 0) is 5.54 Å². The Hall–Kier alpha value is -3.22. The molecule has 144 valence electrons. The Balaban J connectivity index is 1.72. The van der Waals surface area contributed by atoms with Gasteiger partial charge in [0.2, 0.25) is 0 Å². The van der Waals surface area contributed by atoms with E-state index in [1.807, 2.05) is 48.0 Å². The normalized spacial score (nSPS) is 15.2. The topological polar surface area (TPSA) is 75.9 Å². The molecule has 0 unspecified atom stereocenters. The van der Waals surface area contributed by atoms with Crippen LogP contribution in [0.1, 0.15) is 49.7 Å². The number of pyridine rings is 1. The smallest absolute Gasteiger partial charge is 0.256 e. The molecule has 0 atom stereocenters. The Kier molecular flexibility index (Phi) is 4.18. The van der Waals surface area contributed by atoms with Gasteiger partial charge in [-0.2, -0.15) is 0 Å². The molecule has 1 aliphatic heterocycles. The molecule has 0 radical (unpaired) electrons. The second-order valence-electron chi connectivity index (χ2n) is 7.84. The fourth-order valence-corrected chi connectivity index (χ4v) is 3.57. The molecule has 4 rings (SSSR count). The van der Waals surface area contributed by atoms with Crippen molar-refractivity contribution in [3.05, 3.63) is 53.9 Å². The fraction of sp³-hybridized carbons (Fsp3) is 0.333. The minimum atomic E-state index is -0.340. The Labute approximate surface area is 164 Å². The van der Waals surface area contributed by atoms with Gasteiger partial charge in [0.15, 0.2) is 5.82 Å². The van der Waals surface area contributed by atoms with E-state index < -0.39 is 0 Å². The van der Waals surface area contributed by atoms with E-state index in [0.29, 0.717) is 17.2 Å². The highest BCUT2D eigenvalue weighted by molar-refractivity contribution is 6.05. The summed E-state index contributed by atoms with van der Waals surface area (Å²) >= 11 is 0. The molecule has 0 saturated carbocycles. The molecule has 0 spiro atoms. The molecular formula is C21H24N6O. The zero-order valence-electron chi connectivity index (χ0n) is 16.8. The van der Waals surface area contributed by atoms with Crippen LogP contribution in [0.5, 0.6) is 0 Å². The minimum absolute atomic E-state index is 0.0128. The summed E-state index contributed by atoms with van der Waals surface area (Å²) in [7, 11) is 1.84. The first-order chi connectivity index (χ1) is 13.3. The van der Waals surface area contributed by atoms with E-state index in [0.717, 1.165) is 16.9 Å². The minimum Gasteiger partial charge on any atom is -0.340 e. The number of carbonyl (C=O) groups is 1. The first kappa shape index (κ1) is 18.2. The second kappa shape index (κ2) is 6.44. The monoisotopic (exact) mass is 376 g/mol. The molecule has 1 N–H and O–H groups in total. The third-order valence-corrected chi connectivity index (χ3v) is 5.45. The van der Waals surface area contributed by atoms with Gasteiger partial charge in [-0.25, -0.2) is 4.98 Å². The zero-order valence-corrected chi connectivity index (χ0v) is 16.8. The summed E-state index contributed by atoms with van der Waals surface area (Å²) < 4.78 is 1.98. The predicted molar refractivity (Wildman–Crippen MR) is 108 cm³/mol. The number of aromatic nitrogens is 4. The van der Waals surface area contributed by atoms with E-state index in [-0.39, 0.29) is 17.5 Å². The number of benzene rings is 1. The van der Waals surface area contributed by atoms with Crippen LogP contribution in [0.2, 0.25) is 0 Å². The lowest BCUT2D eigenvalue weighted by atomic mass is 9.93. The third kappa shape index (κ3) is 2.74. The molecule has 7 nitrogen and oxygen atoms in total. The molecule has 1 aliphatic rings. The lowest BCUT2D eigenvalue weighted by Crippen LogP contribution is -2.35. The van der Waals surface area contributed by atoms with Crippen LogP contribution in [0.3, 0.4) is 0 Å². The Morgan fingerprint density at radius 1 is 1.11 bits per heavy atom. The van der Waals surface area contributed by atoms with Crippen molar-refractivity contribution in [1.29, 1.82) is 0 Å². The maximum absolute atomic E-state index is 12.8. The molecule has 3 heterocycles. The van der Waals surface area contributed by atoms with E-state index >= 15 is 0 Å². The molecule has 3 aromatic rings. The van der Waals surface area contributed by atoms with E-state index in [1.54, 1.807) is 11.2 Å². The number of hydrogen-bond acceptors (Lipinski definition) is 5. The van der Waals surface area contributed by atoms with Crippen LogP contribution in [-0.4, -0.2) is 37.6 Å². The van der Waals surface area contributed by atoms with E-state index in [4.69, 9.17) is 4.98 Å². The van der Waals surface area contributed by atoms with Crippen LogP contribution in [0.4, 0.5) is 11.5 Å². The Morgan fingerprint density at radius 3 is 2.61 bits per heavy atom. The number of hydrogen-bond donors (Lipinski definition) is 1. The number of nitrogens with zero attached hydrogens (tertiary/aromatic N) is 5. The van der Waals surface area contributed by atoms with E-state index in [1.165, 1.54) is 0 Å². The van der Waals surface area contributed by atoms with Gasteiger partial charge < -0.3 is 14.8 Å². The second-order valence-corrected chi connectivity index (χ2v) is 7.84. The van der Waals surface area contributed by atoms with Gasteiger partial charge in [-0.15, -0.1) is 10.2 Å². The van der Waals surface area contributed by atoms with Gasteiger partial charge in [0.25, 0.3) is 5.91 Å². The number of nitrogens with one attached hydrogen (secondary N) is 1. The number of carbonyl (C=O) groups excluding carboxylic acids is 1. The van der Waals surface area contributed by atoms with Crippen LogP contribution in [0.25, 0.3) is 11.5 Å². The Bertz CT molecular complexity index is 1050. The van der Waals surface area contributed by atoms with Crippen molar-refractivity contribution < 1.29 is 4.79 Å². The third-order valence-electron chi connectivity index (χ3n) is 5.45. The first-order valence-corrected chi connectivity index (χ1v) is 9.36. The summed E-state index contributed by atoms with van der Waals surface area (Å²) in [6.45, 7) is 8.26. The number of amides is 1. The highest BCUT2D eigenvalue weighted by Gasteiger charge is 2.41. The molecule has 28 heavy (non-hydrogen) atoms. The quantitative estimate of drug-likeness (QED) is 0.745. The van der Waals surface area contributed by atoms with Crippen molar-refractivity contribution in [3.63, 3.8) is 0 Å². The van der Waals surface area contributed by atoms with E-state index in [9.17, 15) is 4.79 Å². The zero-order chi connectivity index (χ0) is 20.1. The van der Waals surface area contributed by atoms with Gasteiger partial charge in [0, 0.05) is 13.1 Å². The fourth-order valence-electron chi connectivity index (χ4n) is 3.57. The maximum atomic E-state index is 12.8. The molecule has 0 bridgehead atoms. The maximum Gasteiger partial charge on any atom is 0.256 e. The molecule has 7 heteroatoms. The number of anilines is 2. The van der Waals surface area contributed by atoms with Crippen molar-refractivity contribution in [1.82, 2.24) is 24.6 Å². The molecule has 1 amide bonds. The lowest BCUT2D eigenvalue weighted by molar-refractivity contribution is 0.0692. The van der Waals surface area contributed by atoms with Gasteiger partial charge in [-0.3, -0.25) is 4.79 Å². The molecule has 2 aromatic heterocycles. The molecule has 0 fully saturated rings. The van der Waals surface area contributed by atoms with Gasteiger partial charge in [0.1, 0.15) is 17.8 Å². The van der Waals surface area contributed by atoms with Crippen molar-refractivity contribution in [2.45, 2.75) is 39.3 Å². The van der Waals surface area contributed by atoms with Crippen molar-refractivity contribution in [2.75, 3.05) is 12.4 Å². The lowest BCUT2D eigenvalue weighted by Gasteiger charge is -2.28. The summed E-state index contributed by atoms with van der Waals surface area (Å²) in [4.78, 5) is 19.3. The van der Waals surface area contributed by atoms with Crippen molar-refractivity contribution >= 4 is 17.4 Å². The molecular weight excluding hydrogens is 352 g/mol. The average molecular weight is 376 g/mol. The van der Waals surface area contributed by atoms with Crippen LogP contribution >= 0.6 is 0 Å². The summed E-state index contributed by atoms with van der Waals surface area (Å²) in [5, 5.41) is 11.6. The summed E-state index contributed by atoms with van der Waals surface area (Å²) in [5.41, 5.74) is 2.86. The van der Waals surface area contributed by atoms with E-state index in [2.05, 4.69) is 43.2 Å². The number of fused-ring (bicyclic) bond motifs is 1. The van der Waals surface area contributed by atoms with Gasteiger partial charge in [-0.1, -0.05) is 18.2 Å². The van der Waals surface area contributed by atoms with Crippen molar-refractivity contribution in [3.8, 4) is 11.5 Å². The predicted octanol–water partition coefficient (Wildman–Crippen LogP) is 3.99. The van der Waals surface area contributed by atoms with Crippen LogP contribution in [0.15, 0.2) is 42.7 Å². The largest absolute Gasteiger partial charge is 0.340 e.